The molecule has 0 fully saturated rings. The highest BCUT2D eigenvalue weighted by Gasteiger charge is 2.08. The normalized spacial score (nSPS) is 10.1. The van der Waals surface area contributed by atoms with Crippen LogP contribution in [0.25, 0.3) is 0 Å². The van der Waals surface area contributed by atoms with Gasteiger partial charge in [-0.2, -0.15) is 0 Å². The van der Waals surface area contributed by atoms with Crippen LogP contribution in [0.3, 0.4) is 0 Å². The lowest BCUT2D eigenvalue weighted by molar-refractivity contribution is 0.0981. The van der Waals surface area contributed by atoms with Gasteiger partial charge in [-0.15, -0.1) is 0 Å². The molecule has 0 saturated heterocycles. The van der Waals surface area contributed by atoms with Crippen LogP contribution in [0.15, 0.2) is 22.7 Å². The van der Waals surface area contributed by atoms with Crippen molar-refractivity contribution in [2.24, 2.45) is 0 Å². The second-order valence-electron chi connectivity index (χ2n) is 2.80. The van der Waals surface area contributed by atoms with Gasteiger partial charge in [0.05, 0.1) is 0 Å². The quantitative estimate of drug-likeness (QED) is 0.744. The molecule has 0 aliphatic carbocycles. The van der Waals surface area contributed by atoms with E-state index in [0.717, 1.165) is 6.42 Å². The molecule has 0 radical (unpaired) electrons. The van der Waals surface area contributed by atoms with Gasteiger partial charge in [-0.05, 0) is 40.5 Å². The van der Waals surface area contributed by atoms with Gasteiger partial charge in [-0.1, -0.05) is 6.92 Å². The van der Waals surface area contributed by atoms with E-state index in [1.54, 1.807) is 0 Å². The molecule has 70 valence electrons. The largest absolute Gasteiger partial charge is 0.294 e. The number of carbonyl (C=O) groups is 1. The maximum atomic E-state index is 12.7. The van der Waals surface area contributed by atoms with E-state index in [1.165, 1.54) is 18.2 Å². The summed E-state index contributed by atoms with van der Waals surface area (Å²) < 4.78 is 13.2. The van der Waals surface area contributed by atoms with Gasteiger partial charge in [0.25, 0.3) is 0 Å². The molecule has 0 aliphatic rings. The summed E-state index contributed by atoms with van der Waals surface area (Å²) in [5.74, 6) is -0.283. The van der Waals surface area contributed by atoms with Crippen molar-refractivity contribution in [1.29, 1.82) is 0 Å². The van der Waals surface area contributed by atoms with E-state index in [-0.39, 0.29) is 11.6 Å². The zero-order chi connectivity index (χ0) is 9.84. The first-order chi connectivity index (χ1) is 6.15. The molecule has 0 aromatic heterocycles. The second kappa shape index (κ2) is 4.51. The lowest BCUT2D eigenvalue weighted by atomic mass is 10.1. The van der Waals surface area contributed by atoms with Crippen molar-refractivity contribution in [2.75, 3.05) is 0 Å². The summed E-state index contributed by atoms with van der Waals surface area (Å²) in [7, 11) is 0. The third kappa shape index (κ3) is 2.62. The number of hydrogen-bond acceptors (Lipinski definition) is 1. The molecular weight excluding hydrogens is 235 g/mol. The Kier molecular flexibility index (Phi) is 3.60. The van der Waals surface area contributed by atoms with E-state index in [1.807, 2.05) is 6.92 Å². The molecule has 0 saturated carbocycles. The van der Waals surface area contributed by atoms with Gasteiger partial charge >= 0.3 is 0 Å². The van der Waals surface area contributed by atoms with Crippen molar-refractivity contribution < 1.29 is 9.18 Å². The zero-order valence-corrected chi connectivity index (χ0v) is 8.90. The Hall–Kier alpha value is -0.700. The van der Waals surface area contributed by atoms with Crippen molar-refractivity contribution in [2.45, 2.75) is 19.8 Å². The van der Waals surface area contributed by atoms with Gasteiger partial charge in [-0.3, -0.25) is 4.79 Å². The number of hydrogen-bond donors (Lipinski definition) is 0. The predicted molar refractivity (Wildman–Crippen MR) is 53.3 cm³/mol. The Balaban J connectivity index is 2.95. The number of Topliss-reactive ketones (excluding diaryl/α,β-unsaturated/α-hetero) is 1. The molecule has 3 heteroatoms. The second-order valence-corrected chi connectivity index (χ2v) is 3.65. The standard InChI is InChI=1S/C10H10BrFO/c1-2-3-10(13)8-5-4-7(12)6-9(8)11/h4-6H,2-3H2,1H3. The molecule has 0 heterocycles. The van der Waals surface area contributed by atoms with Crippen LogP contribution < -0.4 is 0 Å². The zero-order valence-electron chi connectivity index (χ0n) is 7.31. The molecule has 0 N–H and O–H groups in total. The first-order valence-corrected chi connectivity index (χ1v) is 4.92. The first-order valence-electron chi connectivity index (χ1n) is 4.13. The molecule has 0 spiro atoms. The average Bonchev–Trinajstić information content (AvgIpc) is 2.04. The third-order valence-corrected chi connectivity index (χ3v) is 2.36. The number of halogens is 2. The average molecular weight is 245 g/mol. The van der Waals surface area contributed by atoms with E-state index < -0.39 is 0 Å². The van der Waals surface area contributed by atoms with Gasteiger partial charge in [-0.25, -0.2) is 4.39 Å². The Labute approximate surface area is 85.1 Å². The summed E-state index contributed by atoms with van der Waals surface area (Å²) in [5.41, 5.74) is 0.559. The summed E-state index contributed by atoms with van der Waals surface area (Å²) >= 11 is 3.16. The number of ketones is 1. The maximum Gasteiger partial charge on any atom is 0.164 e. The van der Waals surface area contributed by atoms with Gasteiger partial charge in [0.1, 0.15) is 5.82 Å². The summed E-state index contributed by atoms with van der Waals surface area (Å²) in [5, 5.41) is 0. The lowest BCUT2D eigenvalue weighted by Crippen LogP contribution is -1.99. The Morgan fingerprint density at radius 2 is 2.23 bits per heavy atom. The minimum atomic E-state index is -0.333. The minimum Gasteiger partial charge on any atom is -0.294 e. The topological polar surface area (TPSA) is 17.1 Å². The highest BCUT2D eigenvalue weighted by atomic mass is 79.9. The van der Waals surface area contributed by atoms with E-state index >= 15 is 0 Å². The molecule has 0 bridgehead atoms. The van der Waals surface area contributed by atoms with Crippen molar-refractivity contribution in [3.05, 3.63) is 34.1 Å². The fourth-order valence-electron chi connectivity index (χ4n) is 1.08. The van der Waals surface area contributed by atoms with Crippen LogP contribution in [0.5, 0.6) is 0 Å². The fraction of sp³-hybridized carbons (Fsp3) is 0.300. The van der Waals surface area contributed by atoms with Crippen molar-refractivity contribution in [3.8, 4) is 0 Å². The molecule has 1 rings (SSSR count). The van der Waals surface area contributed by atoms with Crippen LogP contribution in [-0.4, -0.2) is 5.78 Å². The van der Waals surface area contributed by atoms with E-state index in [9.17, 15) is 9.18 Å². The summed E-state index contributed by atoms with van der Waals surface area (Å²) in [4.78, 5) is 11.4. The highest BCUT2D eigenvalue weighted by Crippen LogP contribution is 2.19. The maximum absolute atomic E-state index is 12.7. The van der Waals surface area contributed by atoms with Gasteiger partial charge in [0.15, 0.2) is 5.78 Å². The van der Waals surface area contributed by atoms with E-state index in [2.05, 4.69) is 15.9 Å². The monoisotopic (exact) mass is 244 g/mol. The first kappa shape index (κ1) is 10.4. The highest BCUT2D eigenvalue weighted by molar-refractivity contribution is 9.10. The fourth-order valence-corrected chi connectivity index (χ4v) is 1.65. The lowest BCUT2D eigenvalue weighted by Gasteiger charge is -2.01. The molecular formula is C10H10BrFO. The predicted octanol–water partition coefficient (Wildman–Crippen LogP) is 3.57. The van der Waals surface area contributed by atoms with Crippen LogP contribution in [0.1, 0.15) is 30.1 Å². The van der Waals surface area contributed by atoms with Crippen LogP contribution in [0, 0.1) is 5.82 Å². The van der Waals surface area contributed by atoms with Crippen molar-refractivity contribution in [3.63, 3.8) is 0 Å². The number of carbonyl (C=O) groups excluding carboxylic acids is 1. The van der Waals surface area contributed by atoms with Crippen molar-refractivity contribution >= 4 is 21.7 Å². The van der Waals surface area contributed by atoms with Crippen molar-refractivity contribution in [1.82, 2.24) is 0 Å². The Bertz CT molecular complexity index is 323. The number of benzene rings is 1. The molecule has 1 aromatic rings. The van der Waals surface area contributed by atoms with Crippen LogP contribution in [0.2, 0.25) is 0 Å². The molecule has 0 aliphatic heterocycles. The van der Waals surface area contributed by atoms with Crippen LogP contribution in [-0.2, 0) is 0 Å². The molecule has 13 heavy (non-hydrogen) atoms. The van der Waals surface area contributed by atoms with E-state index in [4.69, 9.17) is 0 Å². The van der Waals surface area contributed by atoms with Gasteiger partial charge < -0.3 is 0 Å². The Morgan fingerprint density at radius 3 is 2.77 bits per heavy atom. The molecule has 1 nitrogen and oxygen atoms in total. The smallest absolute Gasteiger partial charge is 0.164 e. The minimum absolute atomic E-state index is 0.0503. The molecule has 0 atom stereocenters. The Morgan fingerprint density at radius 1 is 1.54 bits per heavy atom. The summed E-state index contributed by atoms with van der Waals surface area (Å²) in [6.07, 6.45) is 1.31. The third-order valence-electron chi connectivity index (χ3n) is 1.71. The van der Waals surface area contributed by atoms with Crippen LogP contribution in [0.4, 0.5) is 4.39 Å². The molecule has 0 amide bonds. The summed E-state index contributed by atoms with van der Waals surface area (Å²) in [6.45, 7) is 1.94. The van der Waals surface area contributed by atoms with E-state index in [0.29, 0.717) is 16.5 Å². The molecule has 1 aromatic carbocycles. The molecule has 0 unspecified atom stereocenters. The van der Waals surface area contributed by atoms with Crippen LogP contribution >= 0.6 is 15.9 Å². The van der Waals surface area contributed by atoms with Gasteiger partial charge in [0.2, 0.25) is 0 Å². The SMILES string of the molecule is CCCC(=O)c1ccc(F)cc1Br. The summed E-state index contributed by atoms with van der Waals surface area (Å²) in [6, 6.07) is 4.12. The number of rotatable bonds is 3. The van der Waals surface area contributed by atoms with Gasteiger partial charge in [0, 0.05) is 16.5 Å².